The molecule has 1 saturated heterocycles. The molecule has 0 atom stereocenters. The van der Waals surface area contributed by atoms with Crippen LogP contribution in [0.15, 0.2) is 61.1 Å². The Morgan fingerprint density at radius 1 is 1.03 bits per heavy atom. The molecule has 1 aliphatic rings. The number of pyridine rings is 1. The predicted molar refractivity (Wildman–Crippen MR) is 120 cm³/mol. The van der Waals surface area contributed by atoms with Gasteiger partial charge in [-0.3, -0.25) is 4.68 Å². The molecule has 160 valence electrons. The summed E-state index contributed by atoms with van der Waals surface area (Å²) in [4.78, 5) is 8.45. The monoisotopic (exact) mass is 427 g/mol. The number of imidazole rings is 1. The molecule has 0 amide bonds. The van der Waals surface area contributed by atoms with Gasteiger partial charge in [0.25, 0.3) is 0 Å². The first-order valence-corrected chi connectivity index (χ1v) is 10.9. The summed E-state index contributed by atoms with van der Waals surface area (Å²) >= 11 is 0. The van der Waals surface area contributed by atoms with E-state index in [1.165, 1.54) is 6.07 Å². The van der Waals surface area contributed by atoms with Crippen LogP contribution in [-0.2, 0) is 6.42 Å². The second kappa shape index (κ2) is 7.80. The molecule has 4 aromatic heterocycles. The van der Waals surface area contributed by atoms with Crippen LogP contribution in [0.3, 0.4) is 0 Å². The molecule has 8 heteroatoms. The van der Waals surface area contributed by atoms with E-state index in [0.717, 1.165) is 59.5 Å². The Hall–Kier alpha value is -3.65. The van der Waals surface area contributed by atoms with Gasteiger partial charge in [-0.25, -0.2) is 14.5 Å². The second-order valence-electron chi connectivity index (χ2n) is 8.27. The molecule has 1 aromatic carbocycles. The number of hydrogen-bond donors (Lipinski definition) is 1. The highest BCUT2D eigenvalue weighted by molar-refractivity contribution is 5.79. The Kier molecular flexibility index (Phi) is 4.65. The summed E-state index contributed by atoms with van der Waals surface area (Å²) in [6.45, 7) is 2.06. The van der Waals surface area contributed by atoms with Gasteiger partial charge in [-0.1, -0.05) is 6.07 Å². The highest BCUT2D eigenvalue weighted by Crippen LogP contribution is 2.23. The molecule has 32 heavy (non-hydrogen) atoms. The number of benzene rings is 1. The van der Waals surface area contributed by atoms with Crippen LogP contribution >= 0.6 is 0 Å². The smallest absolute Gasteiger partial charge is 0.213 e. The maximum atomic E-state index is 13.4. The minimum absolute atomic E-state index is 0.438. The molecule has 7 nitrogen and oxygen atoms in total. The topological polar surface area (TPSA) is 72.9 Å². The van der Waals surface area contributed by atoms with Crippen LogP contribution in [0.1, 0.15) is 30.1 Å². The molecule has 1 N–H and O–H groups in total. The fraction of sp³-hybridized carbons (Fsp3) is 0.250. The quantitative estimate of drug-likeness (QED) is 0.442. The number of hydrogen-bond acceptors (Lipinski definition) is 5. The van der Waals surface area contributed by atoms with Gasteiger partial charge >= 0.3 is 0 Å². The fourth-order valence-corrected chi connectivity index (χ4v) is 4.41. The summed E-state index contributed by atoms with van der Waals surface area (Å²) in [6.07, 6.45) is 8.69. The van der Waals surface area contributed by atoms with Gasteiger partial charge in [0, 0.05) is 23.6 Å². The number of nitrogens with one attached hydrogen (secondary N) is 1. The second-order valence-corrected chi connectivity index (χ2v) is 8.27. The standard InChI is InChI=1S/C24H22FN7/c25-23-5-2-17-11-16(1-3-21(17)29-23)12-20-14-27-24-6-4-22(30-32(20)24)18-13-28-31(15-18)19-7-9-26-10-8-19/h1-6,11,13-15,19,26H,7-10,12H2. The van der Waals surface area contributed by atoms with Crippen molar-refractivity contribution in [3.8, 4) is 11.3 Å². The normalized spacial score (nSPS) is 15.0. The molecule has 0 aliphatic carbocycles. The van der Waals surface area contributed by atoms with Crippen LogP contribution in [-0.4, -0.2) is 42.5 Å². The Bertz CT molecular complexity index is 1410. The van der Waals surface area contributed by atoms with Gasteiger partial charge < -0.3 is 5.32 Å². The van der Waals surface area contributed by atoms with Crippen molar-refractivity contribution >= 4 is 16.6 Å². The SMILES string of the molecule is Fc1ccc2cc(Cc3cnc4ccc(-c5cnn(C6CCNCC6)c5)nn34)ccc2n1. The van der Waals surface area contributed by atoms with Crippen molar-refractivity contribution in [1.29, 1.82) is 0 Å². The highest BCUT2D eigenvalue weighted by atomic mass is 19.1. The van der Waals surface area contributed by atoms with Gasteiger partial charge in [0.1, 0.15) is 0 Å². The zero-order valence-corrected chi connectivity index (χ0v) is 17.4. The lowest BCUT2D eigenvalue weighted by molar-refractivity contribution is 0.343. The first-order valence-electron chi connectivity index (χ1n) is 10.9. The summed E-state index contributed by atoms with van der Waals surface area (Å²) in [5.74, 6) is -0.466. The van der Waals surface area contributed by atoms with Crippen molar-refractivity contribution in [3.05, 3.63) is 78.3 Å². The van der Waals surface area contributed by atoms with E-state index in [1.54, 1.807) is 6.07 Å². The zero-order chi connectivity index (χ0) is 21.5. The minimum Gasteiger partial charge on any atom is -0.317 e. The van der Waals surface area contributed by atoms with Crippen molar-refractivity contribution < 1.29 is 4.39 Å². The molecular formula is C24H22FN7. The van der Waals surface area contributed by atoms with E-state index in [-0.39, 0.29) is 0 Å². The minimum atomic E-state index is -0.466. The lowest BCUT2D eigenvalue weighted by atomic mass is 10.1. The number of nitrogens with zero attached hydrogens (tertiary/aromatic N) is 6. The first-order chi connectivity index (χ1) is 15.7. The van der Waals surface area contributed by atoms with E-state index < -0.39 is 5.95 Å². The largest absolute Gasteiger partial charge is 0.317 e. The van der Waals surface area contributed by atoms with Crippen LogP contribution in [0.4, 0.5) is 4.39 Å². The van der Waals surface area contributed by atoms with Gasteiger partial charge in [0.05, 0.1) is 35.3 Å². The van der Waals surface area contributed by atoms with E-state index in [4.69, 9.17) is 5.10 Å². The third-order valence-corrected chi connectivity index (χ3v) is 6.12. The molecule has 0 unspecified atom stereocenters. The Labute approximate surface area is 183 Å². The van der Waals surface area contributed by atoms with Gasteiger partial charge in [0.15, 0.2) is 5.65 Å². The molecule has 6 rings (SSSR count). The molecule has 0 spiro atoms. The number of halogens is 1. The molecule has 5 heterocycles. The lowest BCUT2D eigenvalue weighted by Crippen LogP contribution is -2.29. The van der Waals surface area contributed by atoms with Crippen molar-refractivity contribution in [2.75, 3.05) is 13.1 Å². The number of piperidine rings is 1. The average Bonchev–Trinajstić information content (AvgIpc) is 3.47. The summed E-state index contributed by atoms with van der Waals surface area (Å²) in [6, 6.07) is 13.4. The molecule has 1 fully saturated rings. The van der Waals surface area contributed by atoms with Gasteiger partial charge in [-0.15, -0.1) is 0 Å². The number of fused-ring (bicyclic) bond motifs is 2. The van der Waals surface area contributed by atoms with Crippen molar-refractivity contribution in [3.63, 3.8) is 0 Å². The predicted octanol–water partition coefficient (Wildman–Crippen LogP) is 3.80. The Morgan fingerprint density at radius 3 is 2.84 bits per heavy atom. The number of rotatable bonds is 4. The average molecular weight is 427 g/mol. The zero-order valence-electron chi connectivity index (χ0n) is 17.4. The maximum absolute atomic E-state index is 13.4. The highest BCUT2D eigenvalue weighted by Gasteiger charge is 2.17. The summed E-state index contributed by atoms with van der Waals surface area (Å²) < 4.78 is 17.3. The first kappa shape index (κ1) is 19.1. The van der Waals surface area contributed by atoms with Crippen molar-refractivity contribution in [1.82, 2.24) is 34.7 Å². The maximum Gasteiger partial charge on any atom is 0.213 e. The lowest BCUT2D eigenvalue weighted by Gasteiger charge is -2.22. The molecular weight excluding hydrogens is 405 g/mol. The molecule has 5 aromatic rings. The van der Waals surface area contributed by atoms with Gasteiger partial charge in [-0.05, 0) is 67.9 Å². The number of aromatic nitrogens is 6. The molecule has 0 bridgehead atoms. The molecule has 0 saturated carbocycles. The fourth-order valence-electron chi connectivity index (χ4n) is 4.41. The van der Waals surface area contributed by atoms with E-state index in [2.05, 4.69) is 31.3 Å². The van der Waals surface area contributed by atoms with E-state index in [1.807, 2.05) is 47.2 Å². The molecule has 0 radical (unpaired) electrons. The third kappa shape index (κ3) is 3.52. The van der Waals surface area contributed by atoms with Crippen LogP contribution < -0.4 is 5.32 Å². The van der Waals surface area contributed by atoms with Crippen LogP contribution in [0, 0.1) is 5.95 Å². The summed E-state index contributed by atoms with van der Waals surface area (Å²) in [7, 11) is 0. The van der Waals surface area contributed by atoms with Gasteiger partial charge in [-0.2, -0.15) is 14.6 Å². The van der Waals surface area contributed by atoms with Crippen LogP contribution in [0.25, 0.3) is 27.8 Å². The van der Waals surface area contributed by atoms with Crippen LogP contribution in [0.2, 0.25) is 0 Å². The van der Waals surface area contributed by atoms with Gasteiger partial charge in [0.2, 0.25) is 5.95 Å². The summed E-state index contributed by atoms with van der Waals surface area (Å²) in [5.41, 5.74) is 5.41. The van der Waals surface area contributed by atoms with Crippen molar-refractivity contribution in [2.45, 2.75) is 25.3 Å². The third-order valence-electron chi connectivity index (χ3n) is 6.12. The molecule has 1 aliphatic heterocycles. The Balaban J connectivity index is 1.30. The van der Waals surface area contributed by atoms with E-state index in [0.29, 0.717) is 18.0 Å². The Morgan fingerprint density at radius 2 is 1.94 bits per heavy atom. The van der Waals surface area contributed by atoms with E-state index >= 15 is 0 Å². The van der Waals surface area contributed by atoms with Crippen LogP contribution in [0.5, 0.6) is 0 Å². The van der Waals surface area contributed by atoms with E-state index in [9.17, 15) is 4.39 Å². The van der Waals surface area contributed by atoms with Crippen molar-refractivity contribution in [2.24, 2.45) is 0 Å². The summed E-state index contributed by atoms with van der Waals surface area (Å²) in [5, 5.41) is 13.8.